The van der Waals surface area contributed by atoms with Crippen LogP contribution in [0.4, 0.5) is 11.4 Å². The van der Waals surface area contributed by atoms with Gasteiger partial charge in [-0.15, -0.1) is 11.8 Å². The van der Waals surface area contributed by atoms with E-state index in [4.69, 9.17) is 4.74 Å². The molecule has 0 heterocycles. The molecule has 0 aromatic heterocycles. The average Bonchev–Trinajstić information content (AvgIpc) is 2.60. The third-order valence-corrected chi connectivity index (χ3v) is 4.33. The van der Waals surface area contributed by atoms with E-state index in [1.54, 1.807) is 17.8 Å². The fourth-order valence-corrected chi connectivity index (χ4v) is 2.92. The second-order valence-corrected chi connectivity index (χ2v) is 6.12. The first-order chi connectivity index (χ1) is 11.6. The standard InChI is InChI=1S/C17H18N2O4S/c1-23-13-9-10-15(16(12-13)19(21)22)18-17(20)8-5-11-24-14-6-3-2-4-7-14/h2-4,6-7,9-10,12H,5,8,11H2,1H3,(H,18,20). The second kappa shape index (κ2) is 8.93. The molecule has 7 heteroatoms. The lowest BCUT2D eigenvalue weighted by Gasteiger charge is -2.07. The maximum Gasteiger partial charge on any atom is 0.296 e. The summed E-state index contributed by atoms with van der Waals surface area (Å²) in [7, 11) is 1.43. The number of hydrogen-bond donors (Lipinski definition) is 1. The maximum atomic E-state index is 12.0. The van der Waals surface area contributed by atoms with Crippen LogP contribution in [0.15, 0.2) is 53.4 Å². The SMILES string of the molecule is COc1ccc(NC(=O)CCCSc2ccccc2)c([N+](=O)[O-])c1. The molecule has 0 aliphatic heterocycles. The van der Waals surface area contributed by atoms with Crippen molar-refractivity contribution < 1.29 is 14.5 Å². The van der Waals surface area contributed by atoms with E-state index in [2.05, 4.69) is 5.32 Å². The molecule has 2 aromatic carbocycles. The van der Waals surface area contributed by atoms with Gasteiger partial charge < -0.3 is 10.1 Å². The van der Waals surface area contributed by atoms with Gasteiger partial charge in [0.2, 0.25) is 5.91 Å². The lowest BCUT2D eigenvalue weighted by Crippen LogP contribution is -2.12. The molecule has 2 aromatic rings. The van der Waals surface area contributed by atoms with Gasteiger partial charge in [0.25, 0.3) is 5.69 Å². The molecule has 24 heavy (non-hydrogen) atoms. The number of methoxy groups -OCH3 is 1. The molecule has 0 radical (unpaired) electrons. The predicted octanol–water partition coefficient (Wildman–Crippen LogP) is 4.11. The number of nitro groups is 1. The molecule has 0 atom stereocenters. The van der Waals surface area contributed by atoms with Crippen molar-refractivity contribution in [2.45, 2.75) is 17.7 Å². The predicted molar refractivity (Wildman–Crippen MR) is 94.7 cm³/mol. The highest BCUT2D eigenvalue weighted by atomic mass is 32.2. The van der Waals surface area contributed by atoms with Gasteiger partial charge in [0.15, 0.2) is 0 Å². The van der Waals surface area contributed by atoms with Crippen LogP contribution >= 0.6 is 11.8 Å². The van der Waals surface area contributed by atoms with Gasteiger partial charge in [0, 0.05) is 11.3 Å². The lowest BCUT2D eigenvalue weighted by atomic mass is 10.2. The zero-order valence-electron chi connectivity index (χ0n) is 13.2. The van der Waals surface area contributed by atoms with E-state index >= 15 is 0 Å². The first-order valence-corrected chi connectivity index (χ1v) is 8.39. The number of hydrogen-bond acceptors (Lipinski definition) is 5. The van der Waals surface area contributed by atoms with Gasteiger partial charge in [0.1, 0.15) is 11.4 Å². The normalized spacial score (nSPS) is 10.2. The third-order valence-electron chi connectivity index (χ3n) is 3.24. The van der Waals surface area contributed by atoms with Gasteiger partial charge in [-0.3, -0.25) is 14.9 Å². The van der Waals surface area contributed by atoms with E-state index in [-0.39, 0.29) is 17.3 Å². The Morgan fingerprint density at radius 1 is 1.25 bits per heavy atom. The summed E-state index contributed by atoms with van der Waals surface area (Å²) in [6.07, 6.45) is 0.998. The van der Waals surface area contributed by atoms with Crippen molar-refractivity contribution in [3.63, 3.8) is 0 Å². The van der Waals surface area contributed by atoms with Gasteiger partial charge in [-0.1, -0.05) is 18.2 Å². The molecule has 2 rings (SSSR count). The number of carbonyl (C=O) groups is 1. The highest BCUT2D eigenvalue weighted by Crippen LogP contribution is 2.29. The molecule has 0 unspecified atom stereocenters. The fraction of sp³-hybridized carbons (Fsp3) is 0.235. The van der Waals surface area contributed by atoms with Crippen LogP contribution in [0.1, 0.15) is 12.8 Å². The minimum Gasteiger partial charge on any atom is -0.496 e. The molecule has 0 saturated carbocycles. The van der Waals surface area contributed by atoms with E-state index in [9.17, 15) is 14.9 Å². The smallest absolute Gasteiger partial charge is 0.296 e. The summed E-state index contributed by atoms with van der Waals surface area (Å²) in [6, 6.07) is 14.3. The largest absolute Gasteiger partial charge is 0.496 e. The summed E-state index contributed by atoms with van der Waals surface area (Å²) in [5.41, 5.74) is 0.00266. The Morgan fingerprint density at radius 3 is 2.67 bits per heavy atom. The summed E-state index contributed by atoms with van der Waals surface area (Å²) in [6.45, 7) is 0. The Kier molecular flexibility index (Phi) is 6.62. The van der Waals surface area contributed by atoms with Crippen molar-refractivity contribution >= 4 is 29.0 Å². The van der Waals surface area contributed by atoms with Crippen molar-refractivity contribution in [3.8, 4) is 5.75 Å². The number of carbonyl (C=O) groups excluding carboxylic acids is 1. The number of rotatable bonds is 8. The van der Waals surface area contributed by atoms with Gasteiger partial charge in [-0.05, 0) is 36.4 Å². The van der Waals surface area contributed by atoms with Crippen LogP contribution < -0.4 is 10.1 Å². The van der Waals surface area contributed by atoms with Crippen LogP contribution in [-0.4, -0.2) is 23.7 Å². The monoisotopic (exact) mass is 346 g/mol. The van der Waals surface area contributed by atoms with Crippen LogP contribution in [-0.2, 0) is 4.79 Å². The van der Waals surface area contributed by atoms with E-state index in [0.717, 1.165) is 10.6 Å². The Balaban J connectivity index is 1.85. The number of benzene rings is 2. The molecule has 0 bridgehead atoms. The number of ether oxygens (including phenoxy) is 1. The number of amides is 1. The summed E-state index contributed by atoms with van der Waals surface area (Å²) in [5, 5.41) is 13.7. The summed E-state index contributed by atoms with van der Waals surface area (Å²) in [5.74, 6) is 0.943. The quantitative estimate of drug-likeness (QED) is 0.337. The van der Waals surface area contributed by atoms with E-state index < -0.39 is 4.92 Å². The fourth-order valence-electron chi connectivity index (χ4n) is 2.05. The molecular weight excluding hydrogens is 328 g/mol. The summed E-state index contributed by atoms with van der Waals surface area (Å²) < 4.78 is 4.97. The number of nitrogens with one attached hydrogen (secondary N) is 1. The molecule has 0 saturated heterocycles. The van der Waals surface area contributed by atoms with Gasteiger partial charge >= 0.3 is 0 Å². The Morgan fingerprint density at radius 2 is 2.00 bits per heavy atom. The first-order valence-electron chi connectivity index (χ1n) is 7.40. The van der Waals surface area contributed by atoms with Gasteiger partial charge in [-0.25, -0.2) is 0 Å². The van der Waals surface area contributed by atoms with Crippen molar-refractivity contribution in [2.75, 3.05) is 18.2 Å². The van der Waals surface area contributed by atoms with Crippen LogP contribution in [0.3, 0.4) is 0 Å². The van der Waals surface area contributed by atoms with Crippen LogP contribution in [0, 0.1) is 10.1 Å². The van der Waals surface area contributed by atoms with Crippen molar-refractivity contribution in [1.29, 1.82) is 0 Å². The van der Waals surface area contributed by atoms with Crippen LogP contribution in [0.5, 0.6) is 5.75 Å². The molecular formula is C17H18N2O4S. The number of nitrogens with zero attached hydrogens (tertiary/aromatic N) is 1. The lowest BCUT2D eigenvalue weighted by molar-refractivity contribution is -0.384. The third kappa shape index (κ3) is 5.27. The van der Waals surface area contributed by atoms with Crippen molar-refractivity contribution in [2.24, 2.45) is 0 Å². The Bertz CT molecular complexity index is 707. The minimum atomic E-state index is -0.538. The molecule has 0 spiro atoms. The van der Waals surface area contributed by atoms with Gasteiger partial charge in [-0.2, -0.15) is 0 Å². The number of thioether (sulfide) groups is 1. The zero-order chi connectivity index (χ0) is 17.4. The molecule has 1 amide bonds. The molecule has 6 nitrogen and oxygen atoms in total. The van der Waals surface area contributed by atoms with E-state index in [1.165, 1.54) is 19.2 Å². The average molecular weight is 346 g/mol. The second-order valence-electron chi connectivity index (χ2n) is 4.95. The molecule has 0 aliphatic rings. The van der Waals surface area contributed by atoms with Crippen molar-refractivity contribution in [1.82, 2.24) is 0 Å². The highest BCUT2D eigenvalue weighted by Gasteiger charge is 2.17. The number of anilines is 1. The molecule has 0 fully saturated rings. The minimum absolute atomic E-state index is 0.179. The summed E-state index contributed by atoms with van der Waals surface area (Å²) >= 11 is 1.68. The molecule has 126 valence electrons. The first kappa shape index (κ1) is 17.8. The van der Waals surface area contributed by atoms with E-state index in [1.807, 2.05) is 30.3 Å². The van der Waals surface area contributed by atoms with Crippen molar-refractivity contribution in [3.05, 3.63) is 58.6 Å². The topological polar surface area (TPSA) is 81.5 Å². The molecule has 1 N–H and O–H groups in total. The zero-order valence-corrected chi connectivity index (χ0v) is 14.0. The van der Waals surface area contributed by atoms with E-state index in [0.29, 0.717) is 18.6 Å². The molecule has 0 aliphatic carbocycles. The van der Waals surface area contributed by atoms with Crippen LogP contribution in [0.25, 0.3) is 0 Å². The van der Waals surface area contributed by atoms with Crippen LogP contribution in [0.2, 0.25) is 0 Å². The maximum absolute atomic E-state index is 12.0. The van der Waals surface area contributed by atoms with Gasteiger partial charge in [0.05, 0.1) is 18.1 Å². The Hall–Kier alpha value is -2.54. The highest BCUT2D eigenvalue weighted by molar-refractivity contribution is 7.99. The number of nitro benzene ring substituents is 1. The Labute approximate surface area is 144 Å². The summed E-state index contributed by atoms with van der Waals surface area (Å²) in [4.78, 5) is 23.7.